The Morgan fingerprint density at radius 1 is 1.17 bits per heavy atom. The number of carbonyl (C=O) groups is 2. The third kappa shape index (κ3) is 7.39. The molecule has 8 nitrogen and oxygen atoms in total. The number of methoxy groups -OCH3 is 1. The molecule has 0 unspecified atom stereocenters. The minimum absolute atomic E-state index is 0.0332. The van der Waals surface area contributed by atoms with Crippen molar-refractivity contribution in [3.63, 3.8) is 0 Å². The van der Waals surface area contributed by atoms with E-state index in [2.05, 4.69) is 20.4 Å². The molecule has 2 heterocycles. The summed E-state index contributed by atoms with van der Waals surface area (Å²) in [7, 11) is 1.61. The Morgan fingerprint density at radius 2 is 1.93 bits per heavy atom. The Balaban J connectivity index is 1.35. The maximum absolute atomic E-state index is 12.6. The number of rotatable bonds is 10. The quantitative estimate of drug-likeness (QED) is 0.428. The minimum Gasteiger partial charge on any atom is -0.383 e. The number of carbonyl (C=O) groups excluding carboxylic acids is 2. The molecule has 0 radical (unpaired) electrons. The molecule has 2 fully saturated rings. The summed E-state index contributed by atoms with van der Waals surface area (Å²) in [5.41, 5.74) is 0. The van der Waals surface area contributed by atoms with Crippen LogP contribution in [0.4, 0.5) is 5.13 Å². The van der Waals surface area contributed by atoms with Gasteiger partial charge < -0.3 is 19.9 Å². The van der Waals surface area contributed by atoms with Crippen molar-refractivity contribution in [2.45, 2.75) is 49.3 Å². The van der Waals surface area contributed by atoms with Crippen molar-refractivity contribution in [3.05, 3.63) is 0 Å². The maximum Gasteiger partial charge on any atom is 0.230 e. The third-order valence-electron chi connectivity index (χ3n) is 5.74. The van der Waals surface area contributed by atoms with Gasteiger partial charge in [0, 0.05) is 46.3 Å². The molecule has 2 aliphatic rings. The van der Waals surface area contributed by atoms with Gasteiger partial charge in [0.15, 0.2) is 4.34 Å². The standard InChI is InChI=1S/C20H33N5O3S2/c1-28-14-9-21-17(26)15-29-20-23-22-19(30-20)25-12-10-24(11-13-25)18(27)8-7-16-5-3-2-4-6-16/h16H,2-15H2,1H3,(H,21,26). The van der Waals surface area contributed by atoms with E-state index in [1.165, 1.54) is 55.2 Å². The molecule has 1 saturated carbocycles. The van der Waals surface area contributed by atoms with E-state index in [9.17, 15) is 9.59 Å². The number of amides is 2. The van der Waals surface area contributed by atoms with Gasteiger partial charge in [0.1, 0.15) is 0 Å². The highest BCUT2D eigenvalue weighted by Gasteiger charge is 2.24. The molecule has 1 N–H and O–H groups in total. The predicted molar refractivity (Wildman–Crippen MR) is 120 cm³/mol. The van der Waals surface area contributed by atoms with Crippen LogP contribution in [0, 0.1) is 5.92 Å². The average Bonchev–Trinajstić information content (AvgIpc) is 3.26. The van der Waals surface area contributed by atoms with E-state index in [-0.39, 0.29) is 5.91 Å². The summed E-state index contributed by atoms with van der Waals surface area (Å²) < 4.78 is 5.71. The van der Waals surface area contributed by atoms with E-state index in [1.807, 2.05) is 4.90 Å². The van der Waals surface area contributed by atoms with Crippen LogP contribution in [0.15, 0.2) is 4.34 Å². The summed E-state index contributed by atoms with van der Waals surface area (Å²) in [5, 5.41) is 12.1. The summed E-state index contributed by atoms with van der Waals surface area (Å²) >= 11 is 2.90. The lowest BCUT2D eigenvalue weighted by Crippen LogP contribution is -2.48. The second kappa shape index (κ2) is 12.5. The van der Waals surface area contributed by atoms with Gasteiger partial charge in [-0.05, 0) is 12.3 Å². The van der Waals surface area contributed by atoms with Crippen LogP contribution in [0.3, 0.4) is 0 Å². The number of hydrogen-bond acceptors (Lipinski definition) is 8. The Kier molecular flexibility index (Phi) is 9.67. The summed E-state index contributed by atoms with van der Waals surface area (Å²) in [6, 6.07) is 0. The Bertz CT molecular complexity index is 673. The first-order chi connectivity index (χ1) is 14.7. The van der Waals surface area contributed by atoms with Gasteiger partial charge in [-0.25, -0.2) is 0 Å². The van der Waals surface area contributed by atoms with Crippen molar-refractivity contribution in [1.82, 2.24) is 20.4 Å². The van der Waals surface area contributed by atoms with Crippen LogP contribution in [0.5, 0.6) is 0 Å². The highest BCUT2D eigenvalue weighted by atomic mass is 32.2. The number of piperazine rings is 1. The molecule has 1 aromatic rings. The van der Waals surface area contributed by atoms with E-state index < -0.39 is 0 Å². The monoisotopic (exact) mass is 455 g/mol. The first-order valence-electron chi connectivity index (χ1n) is 10.9. The molecule has 10 heteroatoms. The van der Waals surface area contributed by atoms with E-state index >= 15 is 0 Å². The van der Waals surface area contributed by atoms with Crippen LogP contribution in [-0.4, -0.2) is 79.1 Å². The molecule has 0 bridgehead atoms. The molecular weight excluding hydrogens is 422 g/mol. The van der Waals surface area contributed by atoms with Gasteiger partial charge >= 0.3 is 0 Å². The Labute approximate surface area is 187 Å². The van der Waals surface area contributed by atoms with Crippen molar-refractivity contribution in [1.29, 1.82) is 0 Å². The second-order valence-electron chi connectivity index (χ2n) is 7.89. The molecule has 0 atom stereocenters. The topological polar surface area (TPSA) is 87.7 Å². The summed E-state index contributed by atoms with van der Waals surface area (Å²) in [6.45, 7) is 4.08. The zero-order valence-electron chi connectivity index (χ0n) is 17.8. The van der Waals surface area contributed by atoms with E-state index in [1.54, 1.807) is 7.11 Å². The first kappa shape index (κ1) is 23.3. The number of nitrogens with one attached hydrogen (secondary N) is 1. The minimum atomic E-state index is -0.0332. The Morgan fingerprint density at radius 3 is 2.67 bits per heavy atom. The van der Waals surface area contributed by atoms with E-state index in [0.717, 1.165) is 48.0 Å². The van der Waals surface area contributed by atoms with Crippen molar-refractivity contribution in [2.75, 3.05) is 57.1 Å². The average molecular weight is 456 g/mol. The SMILES string of the molecule is COCCNC(=O)CSc1nnc(N2CCN(C(=O)CCC3CCCCC3)CC2)s1. The van der Waals surface area contributed by atoms with Gasteiger partial charge in [0.05, 0.1) is 12.4 Å². The van der Waals surface area contributed by atoms with Gasteiger partial charge in [-0.15, -0.1) is 10.2 Å². The normalized spacial score (nSPS) is 17.9. The fraction of sp³-hybridized carbons (Fsp3) is 0.800. The molecule has 1 aromatic heterocycles. The zero-order valence-corrected chi connectivity index (χ0v) is 19.4. The molecule has 0 spiro atoms. The van der Waals surface area contributed by atoms with Crippen molar-refractivity contribution >= 4 is 40.0 Å². The summed E-state index contributed by atoms with van der Waals surface area (Å²) in [6.07, 6.45) is 8.36. The van der Waals surface area contributed by atoms with Crippen LogP contribution in [0.25, 0.3) is 0 Å². The second-order valence-corrected chi connectivity index (χ2v) is 10.1. The third-order valence-corrected chi connectivity index (χ3v) is 7.86. The zero-order chi connectivity index (χ0) is 21.2. The number of anilines is 1. The summed E-state index contributed by atoms with van der Waals surface area (Å²) in [5.74, 6) is 1.34. The fourth-order valence-corrected chi connectivity index (χ4v) is 5.69. The molecule has 3 rings (SSSR count). The van der Waals surface area contributed by atoms with Crippen molar-refractivity contribution in [2.24, 2.45) is 5.92 Å². The molecular formula is C20H33N5O3S2. The highest BCUT2D eigenvalue weighted by Crippen LogP contribution is 2.29. The number of ether oxygens (including phenoxy) is 1. The van der Waals surface area contributed by atoms with Gasteiger partial charge in [-0.2, -0.15) is 0 Å². The van der Waals surface area contributed by atoms with Crippen LogP contribution in [-0.2, 0) is 14.3 Å². The van der Waals surface area contributed by atoms with Gasteiger partial charge in [0.25, 0.3) is 0 Å². The number of hydrogen-bond donors (Lipinski definition) is 1. The Hall–Kier alpha value is -1.39. The molecule has 2 amide bonds. The lowest BCUT2D eigenvalue weighted by atomic mass is 9.86. The fourth-order valence-electron chi connectivity index (χ4n) is 3.97. The van der Waals surface area contributed by atoms with Crippen LogP contribution >= 0.6 is 23.1 Å². The lowest BCUT2D eigenvalue weighted by molar-refractivity contribution is -0.131. The number of aromatic nitrogens is 2. The van der Waals surface area contributed by atoms with Crippen molar-refractivity contribution < 1.29 is 14.3 Å². The summed E-state index contributed by atoms with van der Waals surface area (Å²) in [4.78, 5) is 28.5. The highest BCUT2D eigenvalue weighted by molar-refractivity contribution is 8.01. The lowest BCUT2D eigenvalue weighted by Gasteiger charge is -2.34. The van der Waals surface area contributed by atoms with Gasteiger partial charge in [-0.1, -0.05) is 55.2 Å². The van der Waals surface area contributed by atoms with Crippen LogP contribution in [0.2, 0.25) is 0 Å². The van der Waals surface area contributed by atoms with E-state index in [0.29, 0.717) is 31.2 Å². The van der Waals surface area contributed by atoms with Gasteiger partial charge in [0.2, 0.25) is 16.9 Å². The maximum atomic E-state index is 12.6. The van der Waals surface area contributed by atoms with Crippen LogP contribution in [0.1, 0.15) is 44.9 Å². The molecule has 0 aromatic carbocycles. The first-order valence-corrected chi connectivity index (χ1v) is 12.7. The van der Waals surface area contributed by atoms with Gasteiger partial charge in [-0.3, -0.25) is 9.59 Å². The smallest absolute Gasteiger partial charge is 0.230 e. The van der Waals surface area contributed by atoms with Crippen LogP contribution < -0.4 is 10.2 Å². The predicted octanol–water partition coefficient (Wildman–Crippen LogP) is 2.40. The molecule has 1 aliphatic carbocycles. The number of thioether (sulfide) groups is 1. The molecule has 1 aliphatic heterocycles. The molecule has 30 heavy (non-hydrogen) atoms. The van der Waals surface area contributed by atoms with E-state index in [4.69, 9.17) is 4.74 Å². The van der Waals surface area contributed by atoms with Crippen molar-refractivity contribution in [3.8, 4) is 0 Å². The largest absolute Gasteiger partial charge is 0.383 e. The number of nitrogens with zero attached hydrogens (tertiary/aromatic N) is 4. The molecule has 168 valence electrons. The molecule has 1 saturated heterocycles.